The van der Waals surface area contributed by atoms with Crippen LogP contribution in [0.25, 0.3) is 10.9 Å². The van der Waals surface area contributed by atoms with E-state index in [2.05, 4.69) is 14.9 Å². The Hall–Kier alpha value is -2.78. The molecule has 4 heterocycles. The molecule has 6 nitrogen and oxygen atoms in total. The number of aromatic amines is 1. The molecule has 37 heavy (non-hydrogen) atoms. The molecule has 0 radical (unpaired) electrons. The smallest absolute Gasteiger partial charge is 0.250 e. The van der Waals surface area contributed by atoms with Crippen LogP contribution in [0.1, 0.15) is 48.4 Å². The molecule has 2 aliphatic heterocycles. The number of nitrogens with zero attached hydrogens (tertiary/aromatic N) is 2. The molecule has 6 rings (SSSR count). The van der Waals surface area contributed by atoms with Gasteiger partial charge in [0.15, 0.2) is 5.82 Å². The number of H-pyrrole nitrogens is 1. The van der Waals surface area contributed by atoms with Gasteiger partial charge >= 0.3 is 0 Å². The summed E-state index contributed by atoms with van der Waals surface area (Å²) in [5.74, 6) is -2.14. The molecule has 3 fully saturated rings. The number of pyridine rings is 1. The molecule has 0 amide bonds. The lowest BCUT2D eigenvalue weighted by Gasteiger charge is -2.54. The molecule has 2 saturated heterocycles. The minimum absolute atomic E-state index is 0.0304. The first-order valence-corrected chi connectivity index (χ1v) is 12.9. The average Bonchev–Trinajstić information content (AvgIpc) is 3.31. The van der Waals surface area contributed by atoms with E-state index in [-0.39, 0.29) is 30.7 Å². The Morgan fingerprint density at radius 1 is 1.24 bits per heavy atom. The predicted molar refractivity (Wildman–Crippen MR) is 133 cm³/mol. The molecule has 1 atom stereocenters. The van der Waals surface area contributed by atoms with Crippen LogP contribution in [0.5, 0.6) is 11.6 Å². The maximum atomic E-state index is 15.1. The first-order valence-electron chi connectivity index (χ1n) is 12.9. The van der Waals surface area contributed by atoms with Crippen LogP contribution in [-0.2, 0) is 11.3 Å². The summed E-state index contributed by atoms with van der Waals surface area (Å²) >= 11 is 0. The summed E-state index contributed by atoms with van der Waals surface area (Å²) in [4.78, 5) is 9.85. The van der Waals surface area contributed by atoms with Crippen LogP contribution in [-0.4, -0.2) is 54.3 Å². The van der Waals surface area contributed by atoms with Crippen molar-refractivity contribution >= 4 is 10.9 Å². The number of benzene rings is 1. The van der Waals surface area contributed by atoms with Gasteiger partial charge < -0.3 is 19.2 Å². The predicted octanol–water partition coefficient (Wildman–Crippen LogP) is 5.80. The van der Waals surface area contributed by atoms with Crippen LogP contribution in [0.3, 0.4) is 0 Å². The summed E-state index contributed by atoms with van der Waals surface area (Å²) in [7, 11) is 1.66. The third-order valence-electron chi connectivity index (χ3n) is 8.33. The zero-order valence-corrected chi connectivity index (χ0v) is 21.2. The van der Waals surface area contributed by atoms with Gasteiger partial charge in [-0.15, -0.1) is 0 Å². The maximum absolute atomic E-state index is 15.1. The summed E-state index contributed by atoms with van der Waals surface area (Å²) in [6.45, 7) is 4.80. The fourth-order valence-corrected chi connectivity index (χ4v) is 6.35. The molecule has 3 aromatic rings. The Kier molecular flexibility index (Phi) is 6.11. The zero-order chi connectivity index (χ0) is 25.8. The molecule has 1 aromatic carbocycles. The number of halogens is 3. The monoisotopic (exact) mass is 515 g/mol. The van der Waals surface area contributed by atoms with Crippen LogP contribution in [0.2, 0.25) is 0 Å². The Morgan fingerprint density at radius 3 is 2.73 bits per heavy atom. The van der Waals surface area contributed by atoms with Gasteiger partial charge in [-0.1, -0.05) is 0 Å². The van der Waals surface area contributed by atoms with Crippen molar-refractivity contribution in [2.75, 3.05) is 33.5 Å². The highest BCUT2D eigenvalue weighted by Gasteiger charge is 2.58. The number of likely N-dealkylation sites (tertiary alicyclic amines) is 1. The van der Waals surface area contributed by atoms with Crippen molar-refractivity contribution in [3.8, 4) is 11.6 Å². The number of hydrogen-bond donors (Lipinski definition) is 1. The molecule has 3 aliphatic rings. The number of aryl methyl sites for hydroxylation is 1. The third kappa shape index (κ3) is 4.56. The van der Waals surface area contributed by atoms with Gasteiger partial charge in [0.1, 0.15) is 5.75 Å². The fourth-order valence-electron chi connectivity index (χ4n) is 6.35. The molecule has 1 saturated carbocycles. The Bertz CT molecular complexity index is 1300. The van der Waals surface area contributed by atoms with E-state index in [0.29, 0.717) is 51.3 Å². The van der Waals surface area contributed by atoms with Crippen LogP contribution in [0.15, 0.2) is 30.6 Å². The van der Waals surface area contributed by atoms with Crippen molar-refractivity contribution < 1.29 is 27.4 Å². The van der Waals surface area contributed by atoms with Crippen LogP contribution in [0, 0.1) is 24.1 Å². The van der Waals surface area contributed by atoms with Crippen molar-refractivity contribution in [3.05, 3.63) is 53.1 Å². The molecular weight excluding hydrogens is 483 g/mol. The number of rotatable bonds is 7. The molecule has 9 heteroatoms. The number of methoxy groups -OCH3 is 1. The number of piperidine rings is 1. The molecule has 0 bridgehead atoms. The van der Waals surface area contributed by atoms with Gasteiger partial charge in [0.2, 0.25) is 11.8 Å². The second-order valence-electron chi connectivity index (χ2n) is 11.1. The van der Waals surface area contributed by atoms with E-state index in [9.17, 15) is 8.78 Å². The fraction of sp³-hybridized carbons (Fsp3) is 0.536. The van der Waals surface area contributed by atoms with E-state index in [1.165, 1.54) is 6.07 Å². The van der Waals surface area contributed by atoms with E-state index in [1.54, 1.807) is 13.3 Å². The average molecular weight is 516 g/mol. The highest BCUT2D eigenvalue weighted by atomic mass is 19.3. The van der Waals surface area contributed by atoms with E-state index in [0.717, 1.165) is 27.8 Å². The standard InChI is InChI=1S/C28H32F3N3O3/c1-17-7-24(35-2)21(20-3-5-32-25(17)20)11-34-6-4-27(15-28(30,31)16-27)9-23(34)19-8-22(29)26(33-10-19)37-14-18-12-36-13-18/h3,5,7-8,10,18,23,32H,4,6,9,11-16H2,1-2H3/t23-/m1/s1. The first-order chi connectivity index (χ1) is 17.8. The topological polar surface area (TPSA) is 59.6 Å². The van der Waals surface area contributed by atoms with Crippen LogP contribution >= 0.6 is 0 Å². The molecule has 2 aromatic heterocycles. The lowest BCUT2D eigenvalue weighted by Crippen LogP contribution is -2.53. The second-order valence-corrected chi connectivity index (χ2v) is 11.1. The Morgan fingerprint density at radius 2 is 2.05 bits per heavy atom. The van der Waals surface area contributed by atoms with Crippen molar-refractivity contribution in [2.24, 2.45) is 11.3 Å². The number of aromatic nitrogens is 2. The van der Waals surface area contributed by atoms with Crippen molar-refractivity contribution in [2.45, 2.75) is 51.1 Å². The first kappa shape index (κ1) is 24.6. The summed E-state index contributed by atoms with van der Waals surface area (Å²) in [5, 5.41) is 1.07. The number of alkyl halides is 2. The minimum Gasteiger partial charge on any atom is -0.496 e. The van der Waals surface area contributed by atoms with Gasteiger partial charge in [-0.05, 0) is 61.1 Å². The summed E-state index contributed by atoms with van der Waals surface area (Å²) in [6, 6.07) is 5.27. The molecule has 1 N–H and O–H groups in total. The highest BCUT2D eigenvalue weighted by Crippen LogP contribution is 2.60. The third-order valence-corrected chi connectivity index (χ3v) is 8.33. The number of hydrogen-bond acceptors (Lipinski definition) is 5. The van der Waals surface area contributed by atoms with Crippen molar-refractivity contribution in [1.29, 1.82) is 0 Å². The van der Waals surface area contributed by atoms with Gasteiger partial charge in [-0.3, -0.25) is 4.90 Å². The summed E-state index contributed by atoms with van der Waals surface area (Å²) in [5.41, 5.74) is 3.41. The normalized spacial score (nSPS) is 23.1. The quantitative estimate of drug-likeness (QED) is 0.431. The molecule has 1 aliphatic carbocycles. The lowest BCUT2D eigenvalue weighted by molar-refractivity contribution is -0.186. The van der Waals surface area contributed by atoms with Crippen molar-refractivity contribution in [1.82, 2.24) is 14.9 Å². The van der Waals surface area contributed by atoms with Crippen LogP contribution < -0.4 is 9.47 Å². The SMILES string of the molecule is COc1cc(C)c2[nH]ccc2c1CN1CCC2(C[C@@H]1c1cnc(OCC3COC3)c(F)c1)CC(F)(F)C2. The summed E-state index contributed by atoms with van der Waals surface area (Å²) in [6.07, 6.45) is 4.55. The van der Waals surface area contributed by atoms with Crippen molar-refractivity contribution in [3.63, 3.8) is 0 Å². The van der Waals surface area contributed by atoms with Gasteiger partial charge in [0.25, 0.3) is 0 Å². The number of ether oxygens (including phenoxy) is 3. The largest absolute Gasteiger partial charge is 0.496 e. The lowest BCUT2D eigenvalue weighted by atomic mass is 9.59. The van der Waals surface area contributed by atoms with Crippen LogP contribution in [0.4, 0.5) is 13.2 Å². The molecule has 1 spiro atoms. The zero-order valence-electron chi connectivity index (χ0n) is 21.2. The maximum Gasteiger partial charge on any atom is 0.250 e. The van der Waals surface area contributed by atoms with Gasteiger partial charge in [-0.25, -0.2) is 18.2 Å². The number of nitrogens with one attached hydrogen (secondary N) is 1. The minimum atomic E-state index is -2.61. The van der Waals surface area contributed by atoms with Gasteiger partial charge in [0.05, 0.1) is 26.9 Å². The van der Waals surface area contributed by atoms with E-state index >= 15 is 4.39 Å². The Balaban J connectivity index is 1.30. The molecule has 0 unspecified atom stereocenters. The van der Waals surface area contributed by atoms with E-state index < -0.39 is 17.2 Å². The van der Waals surface area contributed by atoms with Gasteiger partial charge in [-0.2, -0.15) is 0 Å². The summed E-state index contributed by atoms with van der Waals surface area (Å²) < 4.78 is 59.5. The highest BCUT2D eigenvalue weighted by molar-refractivity contribution is 5.88. The van der Waals surface area contributed by atoms with E-state index in [1.807, 2.05) is 25.3 Å². The van der Waals surface area contributed by atoms with Gasteiger partial charge in [0, 0.05) is 60.2 Å². The Labute approximate surface area is 214 Å². The molecular formula is C28H32F3N3O3. The number of fused-ring (bicyclic) bond motifs is 1. The second kappa shape index (κ2) is 9.20. The molecule has 198 valence electrons. The van der Waals surface area contributed by atoms with E-state index in [4.69, 9.17) is 14.2 Å².